The Bertz CT molecular complexity index is 201. The van der Waals surface area contributed by atoms with E-state index < -0.39 is 0 Å². The van der Waals surface area contributed by atoms with Gasteiger partial charge in [-0.3, -0.25) is 0 Å². The Morgan fingerprint density at radius 3 is 2.90 bits per heavy atom. The predicted molar refractivity (Wildman–Crippen MR) is 44.0 cm³/mol. The van der Waals surface area contributed by atoms with Gasteiger partial charge in [0.05, 0.1) is 0 Å². The molecule has 1 aromatic heterocycles. The Morgan fingerprint density at radius 1 is 1.60 bits per heavy atom. The molecule has 1 fully saturated rings. The van der Waals surface area contributed by atoms with E-state index in [9.17, 15) is 0 Å². The first-order valence-electron chi connectivity index (χ1n) is 3.67. The Kier molecular flexibility index (Phi) is 1.51. The van der Waals surface area contributed by atoms with Crippen LogP contribution in [0.3, 0.4) is 0 Å². The minimum Gasteiger partial charge on any atom is -0.323 e. The van der Waals surface area contributed by atoms with Crippen LogP contribution in [0, 0.1) is 5.92 Å². The molecule has 10 heavy (non-hydrogen) atoms. The molecule has 2 heteroatoms. The molecule has 54 valence electrons. The molecule has 1 atom stereocenters. The Morgan fingerprint density at radius 2 is 2.40 bits per heavy atom. The highest BCUT2D eigenvalue weighted by molar-refractivity contribution is 7.10. The van der Waals surface area contributed by atoms with Gasteiger partial charge in [-0.25, -0.2) is 0 Å². The van der Waals surface area contributed by atoms with Gasteiger partial charge in [0.15, 0.2) is 0 Å². The molecule has 0 bridgehead atoms. The molecule has 1 saturated carbocycles. The van der Waals surface area contributed by atoms with E-state index in [1.165, 1.54) is 17.7 Å². The molecule has 1 aromatic rings. The van der Waals surface area contributed by atoms with Crippen LogP contribution in [0.1, 0.15) is 23.8 Å². The number of hydrogen-bond donors (Lipinski definition) is 1. The first-order valence-corrected chi connectivity index (χ1v) is 4.55. The Labute approximate surface area is 64.9 Å². The van der Waals surface area contributed by atoms with E-state index in [-0.39, 0.29) is 0 Å². The average molecular weight is 153 g/mol. The van der Waals surface area contributed by atoms with Crippen molar-refractivity contribution in [3.05, 3.63) is 22.4 Å². The summed E-state index contributed by atoms with van der Waals surface area (Å²) in [5.74, 6) is 0.790. The number of rotatable bonds is 2. The first-order chi connectivity index (χ1) is 4.88. The molecule has 0 saturated heterocycles. The van der Waals surface area contributed by atoms with E-state index in [0.29, 0.717) is 6.04 Å². The van der Waals surface area contributed by atoms with Gasteiger partial charge in [-0.1, -0.05) is 6.07 Å². The summed E-state index contributed by atoms with van der Waals surface area (Å²) in [5.41, 5.74) is 5.96. The van der Waals surface area contributed by atoms with Gasteiger partial charge in [0.25, 0.3) is 0 Å². The molecule has 1 aliphatic carbocycles. The molecular formula is C8H11NS. The maximum absolute atomic E-state index is 5.96. The molecule has 0 aliphatic heterocycles. The van der Waals surface area contributed by atoms with Crippen LogP contribution in [-0.4, -0.2) is 0 Å². The van der Waals surface area contributed by atoms with Crippen molar-refractivity contribution < 1.29 is 0 Å². The molecule has 0 aromatic carbocycles. The van der Waals surface area contributed by atoms with Crippen LogP contribution in [0.25, 0.3) is 0 Å². The van der Waals surface area contributed by atoms with Gasteiger partial charge in [-0.15, -0.1) is 11.3 Å². The fraction of sp³-hybridized carbons (Fsp3) is 0.500. The first kappa shape index (κ1) is 6.38. The van der Waals surface area contributed by atoms with Crippen molar-refractivity contribution in [2.45, 2.75) is 18.9 Å². The van der Waals surface area contributed by atoms with Crippen molar-refractivity contribution in [1.82, 2.24) is 0 Å². The average Bonchev–Trinajstić information content (AvgIpc) is 2.65. The minimum absolute atomic E-state index is 0.333. The molecule has 0 spiro atoms. The van der Waals surface area contributed by atoms with E-state index in [0.717, 1.165) is 5.92 Å². The van der Waals surface area contributed by atoms with Crippen molar-refractivity contribution in [3.8, 4) is 0 Å². The topological polar surface area (TPSA) is 26.0 Å². The molecule has 1 aliphatic rings. The lowest BCUT2D eigenvalue weighted by atomic mass is 10.2. The molecule has 1 heterocycles. The van der Waals surface area contributed by atoms with E-state index >= 15 is 0 Å². The summed E-state index contributed by atoms with van der Waals surface area (Å²) in [7, 11) is 0. The van der Waals surface area contributed by atoms with Crippen molar-refractivity contribution in [2.75, 3.05) is 0 Å². The fourth-order valence-corrected chi connectivity index (χ4v) is 1.99. The highest BCUT2D eigenvalue weighted by Crippen LogP contribution is 2.40. The molecule has 1 unspecified atom stereocenters. The van der Waals surface area contributed by atoms with Gasteiger partial charge in [-0.05, 0) is 30.2 Å². The lowest BCUT2D eigenvalue weighted by Crippen LogP contribution is -2.10. The van der Waals surface area contributed by atoms with E-state index in [1.807, 2.05) is 0 Å². The lowest BCUT2D eigenvalue weighted by Gasteiger charge is -2.05. The van der Waals surface area contributed by atoms with E-state index in [2.05, 4.69) is 17.5 Å². The van der Waals surface area contributed by atoms with Gasteiger partial charge >= 0.3 is 0 Å². The Balaban J connectivity index is 2.11. The summed E-state index contributed by atoms with van der Waals surface area (Å²) in [6.07, 6.45) is 2.66. The zero-order valence-electron chi connectivity index (χ0n) is 5.79. The highest BCUT2D eigenvalue weighted by Gasteiger charge is 2.29. The quantitative estimate of drug-likeness (QED) is 0.692. The Hall–Kier alpha value is -0.340. The maximum atomic E-state index is 5.96. The second-order valence-electron chi connectivity index (χ2n) is 2.88. The summed E-state index contributed by atoms with van der Waals surface area (Å²) in [4.78, 5) is 1.35. The summed E-state index contributed by atoms with van der Waals surface area (Å²) in [6, 6.07) is 4.54. The summed E-state index contributed by atoms with van der Waals surface area (Å²) in [6.45, 7) is 0. The monoisotopic (exact) mass is 153 g/mol. The van der Waals surface area contributed by atoms with Crippen molar-refractivity contribution in [3.63, 3.8) is 0 Å². The largest absolute Gasteiger partial charge is 0.323 e. The van der Waals surface area contributed by atoms with Gasteiger partial charge < -0.3 is 5.73 Å². The van der Waals surface area contributed by atoms with Crippen LogP contribution in [-0.2, 0) is 0 Å². The van der Waals surface area contributed by atoms with E-state index in [4.69, 9.17) is 5.73 Å². The molecule has 2 N–H and O–H groups in total. The van der Waals surface area contributed by atoms with Gasteiger partial charge in [-0.2, -0.15) is 0 Å². The van der Waals surface area contributed by atoms with Gasteiger partial charge in [0.1, 0.15) is 0 Å². The third-order valence-electron chi connectivity index (χ3n) is 2.00. The predicted octanol–water partition coefficient (Wildman–Crippen LogP) is 2.16. The maximum Gasteiger partial charge on any atom is 0.0418 e. The third kappa shape index (κ3) is 1.09. The highest BCUT2D eigenvalue weighted by atomic mass is 32.1. The minimum atomic E-state index is 0.333. The summed E-state index contributed by atoms with van der Waals surface area (Å²) in [5, 5.41) is 2.09. The zero-order valence-corrected chi connectivity index (χ0v) is 6.60. The van der Waals surface area contributed by atoms with Crippen molar-refractivity contribution in [2.24, 2.45) is 11.7 Å². The SMILES string of the molecule is NC(c1cccs1)C1CC1. The van der Waals surface area contributed by atoms with Crippen LogP contribution in [0.4, 0.5) is 0 Å². The lowest BCUT2D eigenvalue weighted by molar-refractivity contribution is 0.645. The number of nitrogens with two attached hydrogens (primary N) is 1. The fourth-order valence-electron chi connectivity index (χ4n) is 1.17. The third-order valence-corrected chi connectivity index (χ3v) is 2.98. The second-order valence-corrected chi connectivity index (χ2v) is 3.86. The number of thiophene rings is 1. The van der Waals surface area contributed by atoms with Crippen LogP contribution in [0.2, 0.25) is 0 Å². The molecule has 1 nitrogen and oxygen atoms in total. The normalized spacial score (nSPS) is 20.9. The van der Waals surface area contributed by atoms with Crippen LogP contribution in [0.5, 0.6) is 0 Å². The van der Waals surface area contributed by atoms with Gasteiger partial charge in [0.2, 0.25) is 0 Å². The summed E-state index contributed by atoms with van der Waals surface area (Å²) < 4.78 is 0. The van der Waals surface area contributed by atoms with Crippen molar-refractivity contribution >= 4 is 11.3 Å². The van der Waals surface area contributed by atoms with Crippen molar-refractivity contribution in [1.29, 1.82) is 0 Å². The molecule has 2 rings (SSSR count). The number of hydrogen-bond acceptors (Lipinski definition) is 2. The molecule has 0 radical (unpaired) electrons. The standard InChI is InChI=1S/C8H11NS/c9-8(6-3-4-6)7-2-1-5-10-7/h1-2,5-6,8H,3-4,9H2. The van der Waals surface area contributed by atoms with E-state index in [1.54, 1.807) is 11.3 Å². The van der Waals surface area contributed by atoms with Crippen LogP contribution in [0.15, 0.2) is 17.5 Å². The van der Waals surface area contributed by atoms with Gasteiger partial charge in [0, 0.05) is 10.9 Å². The molecular weight excluding hydrogens is 142 g/mol. The second kappa shape index (κ2) is 2.36. The summed E-state index contributed by atoms with van der Waals surface area (Å²) >= 11 is 1.77. The van der Waals surface area contributed by atoms with Crippen LogP contribution >= 0.6 is 11.3 Å². The van der Waals surface area contributed by atoms with Crippen LogP contribution < -0.4 is 5.73 Å². The zero-order chi connectivity index (χ0) is 6.97. The smallest absolute Gasteiger partial charge is 0.0418 e. The molecule has 0 amide bonds.